The molecule has 0 fully saturated rings. The van der Waals surface area contributed by atoms with Crippen molar-refractivity contribution in [2.75, 3.05) is 7.11 Å². The number of ether oxygens (including phenoxy) is 2. The maximum Gasteiger partial charge on any atom is 0.351 e. The first-order valence-electron chi connectivity index (χ1n) is 9.96. The van der Waals surface area contributed by atoms with Crippen LogP contribution in [0.5, 0.6) is 5.88 Å². The Morgan fingerprint density at radius 1 is 0.963 bits per heavy atom. The van der Waals surface area contributed by atoms with Gasteiger partial charge in [-0.1, -0.05) is 63.8 Å². The molecule has 0 radical (unpaired) electrons. The van der Waals surface area contributed by atoms with Gasteiger partial charge in [0.05, 0.1) is 6.61 Å². The number of methoxy groups -OCH3 is 1. The molecule has 0 saturated heterocycles. The summed E-state index contributed by atoms with van der Waals surface area (Å²) in [7, 11) is 1.68. The number of hydrogen-bond acceptors (Lipinski definition) is 4. The van der Waals surface area contributed by atoms with Crippen molar-refractivity contribution >= 4 is 0 Å². The Morgan fingerprint density at radius 2 is 1.56 bits per heavy atom. The predicted octanol–water partition coefficient (Wildman–Crippen LogP) is 4.89. The summed E-state index contributed by atoms with van der Waals surface area (Å²) in [6.45, 7) is 5.34. The molecule has 2 rings (SSSR count). The quantitative estimate of drug-likeness (QED) is 0.532. The van der Waals surface area contributed by atoms with Crippen LogP contribution in [0.25, 0.3) is 0 Å². The second-order valence-corrected chi connectivity index (χ2v) is 6.93. The number of aromatic nitrogens is 2. The maximum atomic E-state index is 12.5. The number of rotatable bonds is 12. The minimum Gasteiger partial charge on any atom is -0.473 e. The lowest BCUT2D eigenvalue weighted by molar-refractivity contribution is 0.185. The van der Waals surface area contributed by atoms with E-state index < -0.39 is 0 Å². The SMILES string of the molecule is CCCCC(CCCC)n1ccc(OCc2ccc(COC)cc2)nc1=O. The molecule has 0 spiro atoms. The van der Waals surface area contributed by atoms with Crippen LogP contribution in [-0.4, -0.2) is 16.7 Å². The van der Waals surface area contributed by atoms with Crippen molar-refractivity contribution in [2.45, 2.75) is 71.6 Å². The van der Waals surface area contributed by atoms with E-state index in [1.807, 2.05) is 30.5 Å². The van der Waals surface area contributed by atoms with Gasteiger partial charge in [-0.05, 0) is 24.0 Å². The Hall–Kier alpha value is -2.14. The lowest BCUT2D eigenvalue weighted by Crippen LogP contribution is -2.27. The largest absolute Gasteiger partial charge is 0.473 e. The summed E-state index contributed by atoms with van der Waals surface area (Å²) < 4.78 is 12.6. The van der Waals surface area contributed by atoms with Gasteiger partial charge in [-0.15, -0.1) is 0 Å². The van der Waals surface area contributed by atoms with E-state index in [0.717, 1.165) is 49.7 Å². The Kier molecular flexibility index (Phi) is 9.05. The third-order valence-electron chi connectivity index (χ3n) is 4.70. The minimum atomic E-state index is -0.222. The highest BCUT2D eigenvalue weighted by Crippen LogP contribution is 2.21. The zero-order valence-electron chi connectivity index (χ0n) is 16.8. The van der Waals surface area contributed by atoms with E-state index in [0.29, 0.717) is 19.1 Å². The molecule has 0 atom stereocenters. The lowest BCUT2D eigenvalue weighted by Gasteiger charge is -2.19. The van der Waals surface area contributed by atoms with Gasteiger partial charge in [0.25, 0.3) is 0 Å². The van der Waals surface area contributed by atoms with Crippen LogP contribution in [0.4, 0.5) is 0 Å². The van der Waals surface area contributed by atoms with E-state index in [1.165, 1.54) is 0 Å². The van der Waals surface area contributed by atoms with Crippen LogP contribution >= 0.6 is 0 Å². The fourth-order valence-electron chi connectivity index (χ4n) is 3.11. The van der Waals surface area contributed by atoms with Gasteiger partial charge < -0.3 is 9.47 Å². The Balaban J connectivity index is 2.00. The zero-order chi connectivity index (χ0) is 19.5. The molecule has 27 heavy (non-hydrogen) atoms. The van der Waals surface area contributed by atoms with Gasteiger partial charge in [-0.25, -0.2) is 4.79 Å². The lowest BCUT2D eigenvalue weighted by atomic mass is 10.0. The molecule has 1 heterocycles. The number of unbranched alkanes of at least 4 members (excludes halogenated alkanes) is 2. The van der Waals surface area contributed by atoms with Gasteiger partial charge in [0.2, 0.25) is 5.88 Å². The van der Waals surface area contributed by atoms with E-state index in [1.54, 1.807) is 17.7 Å². The molecule has 0 N–H and O–H groups in total. The molecule has 5 heteroatoms. The smallest absolute Gasteiger partial charge is 0.351 e. The number of benzene rings is 1. The molecule has 0 unspecified atom stereocenters. The molecular formula is C22H32N2O3. The molecule has 2 aromatic rings. The molecule has 1 aromatic heterocycles. The third-order valence-corrected chi connectivity index (χ3v) is 4.70. The fraction of sp³-hybridized carbons (Fsp3) is 0.545. The summed E-state index contributed by atoms with van der Waals surface area (Å²) in [5.41, 5.74) is 1.93. The van der Waals surface area contributed by atoms with E-state index in [4.69, 9.17) is 9.47 Å². The van der Waals surface area contributed by atoms with E-state index >= 15 is 0 Å². The Labute approximate surface area is 162 Å². The summed E-state index contributed by atoms with van der Waals surface area (Å²) in [4.78, 5) is 16.6. The van der Waals surface area contributed by atoms with Crippen LogP contribution in [0, 0.1) is 0 Å². The normalized spacial score (nSPS) is 11.1. The molecule has 0 aliphatic rings. The van der Waals surface area contributed by atoms with Crippen molar-refractivity contribution in [1.82, 2.24) is 9.55 Å². The van der Waals surface area contributed by atoms with Crippen LogP contribution in [0.2, 0.25) is 0 Å². The van der Waals surface area contributed by atoms with Gasteiger partial charge in [-0.3, -0.25) is 4.57 Å². The zero-order valence-corrected chi connectivity index (χ0v) is 16.8. The van der Waals surface area contributed by atoms with Crippen molar-refractivity contribution in [2.24, 2.45) is 0 Å². The fourth-order valence-corrected chi connectivity index (χ4v) is 3.11. The van der Waals surface area contributed by atoms with Crippen molar-refractivity contribution in [3.05, 3.63) is 58.1 Å². The van der Waals surface area contributed by atoms with E-state index in [2.05, 4.69) is 18.8 Å². The van der Waals surface area contributed by atoms with Crippen LogP contribution in [0.3, 0.4) is 0 Å². The second-order valence-electron chi connectivity index (χ2n) is 6.93. The minimum absolute atomic E-state index is 0.222. The average molecular weight is 373 g/mol. The monoisotopic (exact) mass is 372 g/mol. The summed E-state index contributed by atoms with van der Waals surface area (Å²) >= 11 is 0. The van der Waals surface area contributed by atoms with E-state index in [-0.39, 0.29) is 11.7 Å². The topological polar surface area (TPSA) is 53.4 Å². The standard InChI is InChI=1S/C22H32N2O3/c1-4-6-8-20(9-7-5-2)24-15-14-21(23-22(24)25)27-17-19-12-10-18(11-13-19)16-26-3/h10-15,20H,4-9,16-17H2,1-3H3. The number of hydrogen-bond donors (Lipinski definition) is 0. The molecule has 5 nitrogen and oxygen atoms in total. The first kappa shape index (κ1) is 21.2. The molecule has 0 saturated carbocycles. The van der Waals surface area contributed by atoms with Gasteiger partial charge in [-0.2, -0.15) is 4.98 Å². The average Bonchev–Trinajstić information content (AvgIpc) is 2.68. The maximum absolute atomic E-state index is 12.5. The van der Waals surface area contributed by atoms with Gasteiger partial charge in [0, 0.05) is 25.4 Å². The number of nitrogens with zero attached hydrogens (tertiary/aromatic N) is 2. The molecule has 148 valence electrons. The van der Waals surface area contributed by atoms with Crippen LogP contribution < -0.4 is 10.4 Å². The summed E-state index contributed by atoms with van der Waals surface area (Å²) in [5.74, 6) is 0.377. The first-order chi connectivity index (χ1) is 13.2. The van der Waals surface area contributed by atoms with E-state index in [9.17, 15) is 4.79 Å². The van der Waals surface area contributed by atoms with Gasteiger partial charge in [0.1, 0.15) is 6.61 Å². The molecule has 0 amide bonds. The van der Waals surface area contributed by atoms with Gasteiger partial charge in [0.15, 0.2) is 0 Å². The third kappa shape index (κ3) is 6.83. The van der Waals surface area contributed by atoms with Crippen molar-refractivity contribution in [3.8, 4) is 5.88 Å². The summed E-state index contributed by atoms with van der Waals surface area (Å²) in [5, 5.41) is 0. The van der Waals surface area contributed by atoms with Crippen molar-refractivity contribution < 1.29 is 9.47 Å². The van der Waals surface area contributed by atoms with Crippen molar-refractivity contribution in [1.29, 1.82) is 0 Å². The second kappa shape index (κ2) is 11.5. The molecule has 0 aliphatic carbocycles. The van der Waals surface area contributed by atoms with Crippen molar-refractivity contribution in [3.63, 3.8) is 0 Å². The molecule has 0 bridgehead atoms. The molecule has 1 aromatic carbocycles. The summed E-state index contributed by atoms with van der Waals surface area (Å²) in [6.07, 6.45) is 8.39. The van der Waals surface area contributed by atoms with Crippen LogP contribution in [0.1, 0.15) is 69.5 Å². The van der Waals surface area contributed by atoms with Crippen LogP contribution in [-0.2, 0) is 18.0 Å². The van der Waals surface area contributed by atoms with Crippen LogP contribution in [0.15, 0.2) is 41.3 Å². The highest BCUT2D eigenvalue weighted by molar-refractivity contribution is 5.22. The molecule has 0 aliphatic heterocycles. The Morgan fingerprint density at radius 3 is 2.07 bits per heavy atom. The highest BCUT2D eigenvalue weighted by Gasteiger charge is 2.13. The highest BCUT2D eigenvalue weighted by atomic mass is 16.5. The molecular weight excluding hydrogens is 340 g/mol. The first-order valence-corrected chi connectivity index (χ1v) is 9.96. The summed E-state index contributed by atoms with van der Waals surface area (Å²) in [6, 6.07) is 10.1. The predicted molar refractivity (Wildman–Crippen MR) is 108 cm³/mol. The van der Waals surface area contributed by atoms with Gasteiger partial charge >= 0.3 is 5.69 Å². The Bertz CT molecular complexity index is 717.